The Morgan fingerprint density at radius 2 is 2.00 bits per heavy atom. The minimum atomic E-state index is -3.33. The van der Waals surface area contributed by atoms with E-state index in [1.165, 1.54) is 0 Å². The van der Waals surface area contributed by atoms with Crippen LogP contribution in [0.3, 0.4) is 0 Å². The molecule has 4 N–H and O–H groups in total. The van der Waals surface area contributed by atoms with Crippen molar-refractivity contribution < 1.29 is 13.6 Å². The summed E-state index contributed by atoms with van der Waals surface area (Å²) in [5.41, 5.74) is 4.98. The molecule has 7 heteroatoms. The van der Waals surface area contributed by atoms with Gasteiger partial charge in [-0.2, -0.15) is 0 Å². The highest BCUT2D eigenvalue weighted by Crippen LogP contribution is 2.15. The van der Waals surface area contributed by atoms with Crippen molar-refractivity contribution in [1.29, 1.82) is 0 Å². The third-order valence-electron chi connectivity index (χ3n) is 1.65. The molecule has 0 saturated carbocycles. The van der Waals surface area contributed by atoms with E-state index < -0.39 is 10.0 Å². The van der Waals surface area contributed by atoms with E-state index in [1.807, 2.05) is 20.8 Å². The van der Waals surface area contributed by atoms with E-state index in [9.17, 15) is 8.42 Å². The SMILES string of the molecule is CC(CC(N)=NO)NS(=O)(=O)CC(C)(C)C. The topological polar surface area (TPSA) is 105 Å². The van der Waals surface area contributed by atoms with Gasteiger partial charge in [0.15, 0.2) is 0 Å². The summed E-state index contributed by atoms with van der Waals surface area (Å²) in [6, 6.07) is -0.386. The van der Waals surface area contributed by atoms with Crippen molar-refractivity contribution in [3.63, 3.8) is 0 Å². The maximum Gasteiger partial charge on any atom is 0.212 e. The fourth-order valence-corrected chi connectivity index (χ4v) is 3.23. The van der Waals surface area contributed by atoms with Crippen LogP contribution in [-0.2, 0) is 10.0 Å². The van der Waals surface area contributed by atoms with E-state index in [2.05, 4.69) is 9.88 Å². The van der Waals surface area contributed by atoms with Crippen LogP contribution in [0, 0.1) is 5.41 Å². The molecule has 0 fully saturated rings. The zero-order chi connectivity index (χ0) is 13.0. The van der Waals surface area contributed by atoms with Crippen molar-refractivity contribution in [2.45, 2.75) is 40.2 Å². The first kappa shape index (κ1) is 15.2. The molecular formula is C9H21N3O3S. The smallest absolute Gasteiger partial charge is 0.212 e. The Morgan fingerprint density at radius 3 is 2.38 bits per heavy atom. The molecule has 16 heavy (non-hydrogen) atoms. The Morgan fingerprint density at radius 1 is 1.50 bits per heavy atom. The number of nitrogens with one attached hydrogen (secondary N) is 1. The molecule has 0 aliphatic rings. The number of sulfonamides is 1. The fourth-order valence-electron chi connectivity index (χ4n) is 1.31. The zero-order valence-corrected chi connectivity index (χ0v) is 11.0. The minimum Gasteiger partial charge on any atom is -0.409 e. The number of nitrogens with zero attached hydrogens (tertiary/aromatic N) is 1. The average Bonchev–Trinajstić information content (AvgIpc) is 1.97. The van der Waals surface area contributed by atoms with Gasteiger partial charge in [0.2, 0.25) is 10.0 Å². The first-order chi connectivity index (χ1) is 7.06. The summed E-state index contributed by atoms with van der Waals surface area (Å²) in [4.78, 5) is 0. The van der Waals surface area contributed by atoms with Gasteiger partial charge in [0, 0.05) is 12.5 Å². The Kier molecular flexibility index (Phi) is 5.21. The second-order valence-electron chi connectivity index (χ2n) is 5.13. The van der Waals surface area contributed by atoms with Crippen molar-refractivity contribution in [2.75, 3.05) is 5.75 Å². The molecule has 1 unspecified atom stereocenters. The fraction of sp³-hybridized carbons (Fsp3) is 0.889. The second kappa shape index (κ2) is 5.49. The summed E-state index contributed by atoms with van der Waals surface area (Å²) in [6.45, 7) is 7.21. The zero-order valence-electron chi connectivity index (χ0n) is 10.2. The summed E-state index contributed by atoms with van der Waals surface area (Å²) in [6.07, 6.45) is 0.180. The van der Waals surface area contributed by atoms with E-state index in [0.717, 1.165) is 0 Å². The number of hydrogen-bond acceptors (Lipinski definition) is 4. The molecule has 1 atom stereocenters. The van der Waals surface area contributed by atoms with Gasteiger partial charge in [-0.15, -0.1) is 0 Å². The second-order valence-corrected chi connectivity index (χ2v) is 6.89. The number of amidine groups is 1. The Hall–Kier alpha value is -0.820. The van der Waals surface area contributed by atoms with Gasteiger partial charge in [-0.1, -0.05) is 25.9 Å². The molecule has 0 aromatic heterocycles. The summed E-state index contributed by atoms with van der Waals surface area (Å²) in [5, 5.41) is 11.1. The molecule has 0 heterocycles. The van der Waals surface area contributed by atoms with Crippen LogP contribution in [0.4, 0.5) is 0 Å². The lowest BCUT2D eigenvalue weighted by Crippen LogP contribution is -2.39. The van der Waals surface area contributed by atoms with Crippen molar-refractivity contribution in [2.24, 2.45) is 16.3 Å². The number of oxime groups is 1. The van der Waals surface area contributed by atoms with E-state index in [4.69, 9.17) is 10.9 Å². The van der Waals surface area contributed by atoms with Crippen LogP contribution in [-0.4, -0.2) is 31.3 Å². The van der Waals surface area contributed by atoms with Gasteiger partial charge in [-0.3, -0.25) is 0 Å². The van der Waals surface area contributed by atoms with Crippen molar-refractivity contribution in [1.82, 2.24) is 4.72 Å². The Bertz CT molecular complexity index is 344. The number of hydrogen-bond donors (Lipinski definition) is 3. The molecular weight excluding hydrogens is 230 g/mol. The highest BCUT2D eigenvalue weighted by Gasteiger charge is 2.23. The van der Waals surface area contributed by atoms with Gasteiger partial charge < -0.3 is 10.9 Å². The quantitative estimate of drug-likeness (QED) is 0.286. The highest BCUT2D eigenvalue weighted by molar-refractivity contribution is 7.89. The van der Waals surface area contributed by atoms with Crippen molar-refractivity contribution in [3.05, 3.63) is 0 Å². The normalized spacial score (nSPS) is 16.1. The summed E-state index contributed by atoms with van der Waals surface area (Å²) >= 11 is 0. The third-order valence-corrected chi connectivity index (χ3v) is 3.66. The van der Waals surface area contributed by atoms with Crippen LogP contribution in [0.2, 0.25) is 0 Å². The maximum absolute atomic E-state index is 11.7. The van der Waals surface area contributed by atoms with Crippen LogP contribution in [0.25, 0.3) is 0 Å². The lowest BCUT2D eigenvalue weighted by atomic mass is 10.0. The Balaban J connectivity index is 4.38. The Labute approximate surface area is 97.0 Å². The van der Waals surface area contributed by atoms with E-state index >= 15 is 0 Å². The summed E-state index contributed by atoms with van der Waals surface area (Å²) in [5.74, 6) is 0.0477. The maximum atomic E-state index is 11.7. The molecule has 0 aromatic carbocycles. The van der Waals surface area contributed by atoms with Crippen LogP contribution in [0.5, 0.6) is 0 Å². The number of rotatable bonds is 5. The van der Waals surface area contributed by atoms with Crippen LogP contribution in [0.15, 0.2) is 5.16 Å². The first-order valence-electron chi connectivity index (χ1n) is 5.02. The van der Waals surface area contributed by atoms with Gasteiger partial charge in [-0.05, 0) is 12.3 Å². The molecule has 0 amide bonds. The standard InChI is InChI=1S/C9H21N3O3S/c1-7(5-8(10)11-13)12-16(14,15)6-9(2,3)4/h7,12-13H,5-6H2,1-4H3,(H2,10,11). The van der Waals surface area contributed by atoms with Crippen LogP contribution >= 0.6 is 0 Å². The lowest BCUT2D eigenvalue weighted by Gasteiger charge is -2.20. The van der Waals surface area contributed by atoms with Crippen molar-refractivity contribution >= 4 is 15.9 Å². The number of nitrogens with two attached hydrogens (primary N) is 1. The molecule has 0 rings (SSSR count). The van der Waals surface area contributed by atoms with Gasteiger partial charge >= 0.3 is 0 Å². The largest absolute Gasteiger partial charge is 0.409 e. The van der Waals surface area contributed by atoms with Gasteiger partial charge in [-0.25, -0.2) is 13.1 Å². The van der Waals surface area contributed by atoms with Gasteiger partial charge in [0.25, 0.3) is 0 Å². The van der Waals surface area contributed by atoms with Crippen LogP contribution < -0.4 is 10.5 Å². The molecule has 0 aliphatic heterocycles. The molecule has 6 nitrogen and oxygen atoms in total. The summed E-state index contributed by atoms with van der Waals surface area (Å²) in [7, 11) is -3.33. The molecule has 0 aliphatic carbocycles. The highest BCUT2D eigenvalue weighted by atomic mass is 32.2. The van der Waals surface area contributed by atoms with Gasteiger partial charge in [0.05, 0.1) is 5.75 Å². The van der Waals surface area contributed by atoms with Crippen molar-refractivity contribution in [3.8, 4) is 0 Å². The van der Waals surface area contributed by atoms with E-state index in [-0.39, 0.29) is 29.5 Å². The van der Waals surface area contributed by atoms with E-state index in [1.54, 1.807) is 6.92 Å². The minimum absolute atomic E-state index is 0.00552. The predicted octanol–water partition coefficient (Wildman–Crippen LogP) is 0.477. The van der Waals surface area contributed by atoms with Crippen LogP contribution in [0.1, 0.15) is 34.1 Å². The molecule has 96 valence electrons. The summed E-state index contributed by atoms with van der Waals surface area (Å²) < 4.78 is 25.8. The molecule has 0 spiro atoms. The molecule has 0 radical (unpaired) electrons. The van der Waals surface area contributed by atoms with E-state index in [0.29, 0.717) is 0 Å². The monoisotopic (exact) mass is 251 g/mol. The third kappa shape index (κ3) is 7.47. The first-order valence-corrected chi connectivity index (χ1v) is 6.67. The molecule has 0 bridgehead atoms. The molecule has 0 aromatic rings. The lowest BCUT2D eigenvalue weighted by molar-refractivity contribution is 0.316. The van der Waals surface area contributed by atoms with Gasteiger partial charge in [0.1, 0.15) is 5.84 Å². The predicted molar refractivity (Wildman–Crippen MR) is 63.9 cm³/mol. The average molecular weight is 251 g/mol. The molecule has 0 saturated heterocycles.